The molecule has 16 heavy (non-hydrogen) atoms. The van der Waals surface area contributed by atoms with Gasteiger partial charge in [0.1, 0.15) is 12.2 Å². The Bertz CT molecular complexity index is 396. The smallest absolute Gasteiger partial charge is 0.138 e. The number of hydrogen-bond acceptors (Lipinski definition) is 3. The monoisotopic (exact) mass is 216 g/mol. The number of H-pyrrole nitrogens is 1. The molecule has 0 spiro atoms. The van der Waals surface area contributed by atoms with Gasteiger partial charge in [0.2, 0.25) is 0 Å². The summed E-state index contributed by atoms with van der Waals surface area (Å²) in [7, 11) is 0. The Balaban J connectivity index is 1.78. The Kier molecular flexibility index (Phi) is 3.66. The van der Waals surface area contributed by atoms with Crippen LogP contribution in [0.3, 0.4) is 0 Å². The molecule has 0 aliphatic heterocycles. The van der Waals surface area contributed by atoms with Crippen LogP contribution in [0.25, 0.3) is 0 Å². The van der Waals surface area contributed by atoms with E-state index in [1.807, 2.05) is 6.07 Å². The van der Waals surface area contributed by atoms with Gasteiger partial charge in [-0.25, -0.2) is 4.98 Å². The molecule has 0 radical (unpaired) electrons. The lowest BCUT2D eigenvalue weighted by Gasteiger charge is -2.12. The molecule has 0 aliphatic rings. The molecular weight excluding hydrogens is 200 g/mol. The van der Waals surface area contributed by atoms with Gasteiger partial charge >= 0.3 is 0 Å². The van der Waals surface area contributed by atoms with Crippen molar-refractivity contribution in [2.45, 2.75) is 25.9 Å². The highest BCUT2D eigenvalue weighted by atomic mass is 15.2. The summed E-state index contributed by atoms with van der Waals surface area (Å²) in [6.45, 7) is 2.90. The number of benzene rings is 1. The van der Waals surface area contributed by atoms with Crippen molar-refractivity contribution in [2.75, 3.05) is 0 Å². The molecule has 1 aromatic heterocycles. The van der Waals surface area contributed by atoms with E-state index in [1.54, 1.807) is 0 Å². The number of rotatable bonds is 5. The maximum atomic E-state index is 4.07. The number of aromatic amines is 1. The molecule has 1 atom stereocenters. The highest BCUT2D eigenvalue weighted by molar-refractivity contribution is 5.15. The van der Waals surface area contributed by atoms with Crippen molar-refractivity contribution in [3.8, 4) is 0 Å². The van der Waals surface area contributed by atoms with Crippen LogP contribution in [-0.2, 0) is 13.0 Å². The van der Waals surface area contributed by atoms with E-state index in [2.05, 4.69) is 51.7 Å². The summed E-state index contributed by atoms with van der Waals surface area (Å²) in [6.07, 6.45) is 2.55. The first-order chi connectivity index (χ1) is 7.84. The first kappa shape index (κ1) is 10.8. The molecule has 0 fully saturated rings. The van der Waals surface area contributed by atoms with Crippen molar-refractivity contribution in [2.24, 2.45) is 0 Å². The lowest BCUT2D eigenvalue weighted by molar-refractivity contribution is 0.534. The summed E-state index contributed by atoms with van der Waals surface area (Å²) in [5.74, 6) is 0.875. The molecule has 4 nitrogen and oxygen atoms in total. The molecule has 1 unspecified atom stereocenters. The van der Waals surface area contributed by atoms with E-state index in [4.69, 9.17) is 0 Å². The van der Waals surface area contributed by atoms with Crippen LogP contribution in [0.15, 0.2) is 36.7 Å². The average molecular weight is 216 g/mol. The third kappa shape index (κ3) is 3.17. The second-order valence-corrected chi connectivity index (χ2v) is 3.90. The summed E-state index contributed by atoms with van der Waals surface area (Å²) in [6, 6.07) is 10.9. The molecule has 0 amide bonds. The molecule has 0 saturated heterocycles. The van der Waals surface area contributed by atoms with E-state index in [1.165, 1.54) is 11.9 Å². The Morgan fingerprint density at radius 1 is 1.31 bits per heavy atom. The molecule has 1 heterocycles. The molecule has 2 N–H and O–H groups in total. The van der Waals surface area contributed by atoms with Crippen LogP contribution < -0.4 is 5.32 Å². The van der Waals surface area contributed by atoms with Gasteiger partial charge in [-0.15, -0.1) is 0 Å². The van der Waals surface area contributed by atoms with Crippen molar-refractivity contribution >= 4 is 0 Å². The molecule has 0 bridgehead atoms. The van der Waals surface area contributed by atoms with Crippen LogP contribution in [-0.4, -0.2) is 21.2 Å². The van der Waals surface area contributed by atoms with Gasteiger partial charge in [0, 0.05) is 6.04 Å². The summed E-state index contributed by atoms with van der Waals surface area (Å²) in [5, 5.41) is 10.0. The van der Waals surface area contributed by atoms with Crippen LogP contribution >= 0.6 is 0 Å². The predicted octanol–water partition coefficient (Wildman–Crippen LogP) is 1.53. The summed E-state index contributed by atoms with van der Waals surface area (Å²) >= 11 is 0. The standard InChI is InChI=1S/C12H16N4/c1-10(7-11-5-3-2-4-6-11)13-8-12-14-9-15-16-12/h2-6,9-10,13H,7-8H2,1H3,(H,14,15,16). The van der Waals surface area contributed by atoms with Gasteiger partial charge in [0.25, 0.3) is 0 Å². The lowest BCUT2D eigenvalue weighted by Crippen LogP contribution is -2.28. The normalized spacial score (nSPS) is 12.6. The third-order valence-electron chi connectivity index (χ3n) is 2.47. The second kappa shape index (κ2) is 5.42. The minimum Gasteiger partial charge on any atom is -0.307 e. The molecule has 0 aliphatic carbocycles. The van der Waals surface area contributed by atoms with Crippen molar-refractivity contribution in [1.29, 1.82) is 0 Å². The van der Waals surface area contributed by atoms with Crippen LogP contribution in [0.1, 0.15) is 18.3 Å². The zero-order chi connectivity index (χ0) is 11.2. The fourth-order valence-electron chi connectivity index (χ4n) is 1.63. The number of aromatic nitrogens is 3. The highest BCUT2D eigenvalue weighted by Crippen LogP contribution is 2.02. The van der Waals surface area contributed by atoms with Crippen molar-refractivity contribution in [3.05, 3.63) is 48.0 Å². The van der Waals surface area contributed by atoms with Crippen LogP contribution in [0.2, 0.25) is 0 Å². The van der Waals surface area contributed by atoms with Gasteiger partial charge in [-0.05, 0) is 18.9 Å². The molecular formula is C12H16N4. The fraction of sp³-hybridized carbons (Fsp3) is 0.333. The molecule has 2 aromatic rings. The quantitative estimate of drug-likeness (QED) is 0.797. The predicted molar refractivity (Wildman–Crippen MR) is 62.8 cm³/mol. The third-order valence-corrected chi connectivity index (χ3v) is 2.47. The maximum Gasteiger partial charge on any atom is 0.138 e. The first-order valence-corrected chi connectivity index (χ1v) is 5.46. The SMILES string of the molecule is CC(Cc1ccccc1)NCc1ncn[nH]1. The Hall–Kier alpha value is -1.68. The van der Waals surface area contributed by atoms with Crippen LogP contribution in [0, 0.1) is 0 Å². The highest BCUT2D eigenvalue weighted by Gasteiger charge is 2.03. The zero-order valence-electron chi connectivity index (χ0n) is 9.35. The van der Waals surface area contributed by atoms with Crippen molar-refractivity contribution < 1.29 is 0 Å². The molecule has 4 heteroatoms. The van der Waals surface area contributed by atoms with Gasteiger partial charge in [-0.2, -0.15) is 5.10 Å². The Labute approximate surface area is 95.1 Å². The number of nitrogens with zero attached hydrogens (tertiary/aromatic N) is 2. The minimum absolute atomic E-state index is 0.424. The zero-order valence-corrected chi connectivity index (χ0v) is 9.35. The number of nitrogens with one attached hydrogen (secondary N) is 2. The first-order valence-electron chi connectivity index (χ1n) is 5.46. The second-order valence-electron chi connectivity index (χ2n) is 3.90. The Morgan fingerprint density at radius 2 is 2.12 bits per heavy atom. The van der Waals surface area contributed by atoms with Gasteiger partial charge in [0.15, 0.2) is 0 Å². The average Bonchev–Trinajstić information content (AvgIpc) is 2.81. The van der Waals surface area contributed by atoms with E-state index in [9.17, 15) is 0 Å². The van der Waals surface area contributed by atoms with E-state index < -0.39 is 0 Å². The Morgan fingerprint density at radius 3 is 2.81 bits per heavy atom. The lowest BCUT2D eigenvalue weighted by atomic mass is 10.1. The fourth-order valence-corrected chi connectivity index (χ4v) is 1.63. The van der Waals surface area contributed by atoms with Gasteiger partial charge in [-0.1, -0.05) is 30.3 Å². The van der Waals surface area contributed by atoms with E-state index in [-0.39, 0.29) is 0 Å². The van der Waals surface area contributed by atoms with Gasteiger partial charge < -0.3 is 5.32 Å². The van der Waals surface area contributed by atoms with Crippen LogP contribution in [0.5, 0.6) is 0 Å². The van der Waals surface area contributed by atoms with E-state index >= 15 is 0 Å². The molecule has 2 rings (SSSR count). The largest absolute Gasteiger partial charge is 0.307 e. The topological polar surface area (TPSA) is 53.6 Å². The minimum atomic E-state index is 0.424. The van der Waals surface area contributed by atoms with Crippen molar-refractivity contribution in [1.82, 2.24) is 20.5 Å². The summed E-state index contributed by atoms with van der Waals surface area (Å²) in [4.78, 5) is 4.07. The maximum absolute atomic E-state index is 4.07. The molecule has 1 aromatic carbocycles. The number of hydrogen-bond donors (Lipinski definition) is 2. The van der Waals surface area contributed by atoms with Crippen molar-refractivity contribution in [3.63, 3.8) is 0 Å². The van der Waals surface area contributed by atoms with Gasteiger partial charge in [-0.3, -0.25) is 5.10 Å². The molecule has 84 valence electrons. The summed E-state index contributed by atoms with van der Waals surface area (Å²) in [5.41, 5.74) is 1.35. The van der Waals surface area contributed by atoms with E-state index in [0.29, 0.717) is 6.04 Å². The van der Waals surface area contributed by atoms with Gasteiger partial charge in [0.05, 0.1) is 6.54 Å². The van der Waals surface area contributed by atoms with Crippen LogP contribution in [0.4, 0.5) is 0 Å². The molecule has 0 saturated carbocycles. The summed E-state index contributed by atoms with van der Waals surface area (Å²) < 4.78 is 0. The van der Waals surface area contributed by atoms with E-state index in [0.717, 1.165) is 18.8 Å².